The third-order valence-electron chi connectivity index (χ3n) is 3.16. The highest BCUT2D eigenvalue weighted by molar-refractivity contribution is 5.39. The highest BCUT2D eigenvalue weighted by atomic mass is 16.7. The van der Waals surface area contributed by atoms with Crippen LogP contribution in [0.1, 0.15) is 0 Å². The Morgan fingerprint density at radius 3 is 2.30 bits per heavy atom. The number of rotatable bonds is 4. The topological polar surface area (TPSA) is 109 Å². The lowest BCUT2D eigenvalue weighted by molar-refractivity contribution is -0.277. The number of methoxy groups -OCH3 is 1. The van der Waals surface area contributed by atoms with Crippen LogP contribution in [0.5, 0.6) is 11.5 Å². The number of aliphatic hydroxyl groups excluding tert-OH is 4. The average molecular weight is 286 g/mol. The fourth-order valence-electron chi connectivity index (χ4n) is 2.01. The summed E-state index contributed by atoms with van der Waals surface area (Å²) in [5, 5.41) is 38.3. The van der Waals surface area contributed by atoms with E-state index in [1.165, 1.54) is 7.11 Å². The first-order valence-corrected chi connectivity index (χ1v) is 6.18. The molecule has 0 aromatic heterocycles. The van der Waals surface area contributed by atoms with Crippen LogP contribution in [0.2, 0.25) is 0 Å². The Kier molecular flexibility index (Phi) is 4.79. The number of ether oxygens (including phenoxy) is 3. The minimum Gasteiger partial charge on any atom is -0.493 e. The van der Waals surface area contributed by atoms with Gasteiger partial charge in [-0.15, -0.1) is 0 Å². The molecule has 112 valence electrons. The molecule has 1 aliphatic heterocycles. The Hall–Kier alpha value is -1.38. The van der Waals surface area contributed by atoms with Crippen LogP contribution in [-0.4, -0.2) is 64.8 Å². The maximum Gasteiger partial charge on any atom is 0.229 e. The molecule has 1 unspecified atom stereocenters. The van der Waals surface area contributed by atoms with E-state index in [4.69, 9.17) is 19.3 Å². The summed E-state index contributed by atoms with van der Waals surface area (Å²) >= 11 is 0. The lowest BCUT2D eigenvalue weighted by atomic mass is 9.99. The summed E-state index contributed by atoms with van der Waals surface area (Å²) in [4.78, 5) is 0. The van der Waals surface area contributed by atoms with Crippen molar-refractivity contribution in [2.75, 3.05) is 13.7 Å². The maximum absolute atomic E-state index is 9.86. The molecule has 0 saturated carbocycles. The quantitative estimate of drug-likeness (QED) is 0.555. The first-order chi connectivity index (χ1) is 9.58. The Labute approximate surface area is 115 Å². The molecular weight excluding hydrogens is 268 g/mol. The third-order valence-corrected chi connectivity index (χ3v) is 3.16. The predicted octanol–water partition coefficient (Wildman–Crippen LogP) is -1.13. The molecule has 7 heteroatoms. The molecule has 0 radical (unpaired) electrons. The summed E-state index contributed by atoms with van der Waals surface area (Å²) in [6, 6.07) is 6.74. The fraction of sp³-hybridized carbons (Fsp3) is 0.538. The van der Waals surface area contributed by atoms with Crippen molar-refractivity contribution in [3.8, 4) is 11.5 Å². The summed E-state index contributed by atoms with van der Waals surface area (Å²) in [6.45, 7) is -0.503. The van der Waals surface area contributed by atoms with Gasteiger partial charge in [0.05, 0.1) is 13.7 Å². The van der Waals surface area contributed by atoms with Crippen molar-refractivity contribution in [2.45, 2.75) is 30.7 Å². The van der Waals surface area contributed by atoms with E-state index in [0.29, 0.717) is 11.5 Å². The molecule has 1 heterocycles. The van der Waals surface area contributed by atoms with Crippen LogP contribution in [0.15, 0.2) is 24.3 Å². The van der Waals surface area contributed by atoms with Crippen LogP contribution in [0.4, 0.5) is 0 Å². The van der Waals surface area contributed by atoms with E-state index in [9.17, 15) is 15.3 Å². The predicted molar refractivity (Wildman–Crippen MR) is 67.4 cm³/mol. The normalized spacial score (nSPS) is 33.8. The van der Waals surface area contributed by atoms with E-state index in [2.05, 4.69) is 0 Å². The number of aliphatic hydroxyl groups is 4. The molecule has 20 heavy (non-hydrogen) atoms. The Morgan fingerprint density at radius 1 is 1.05 bits per heavy atom. The van der Waals surface area contributed by atoms with Crippen molar-refractivity contribution in [3.05, 3.63) is 24.3 Å². The van der Waals surface area contributed by atoms with Crippen LogP contribution in [-0.2, 0) is 4.74 Å². The molecule has 4 N–H and O–H groups in total. The highest BCUT2D eigenvalue weighted by Crippen LogP contribution is 2.30. The minimum absolute atomic E-state index is 0.319. The van der Waals surface area contributed by atoms with E-state index in [1.807, 2.05) is 0 Å². The second-order valence-electron chi connectivity index (χ2n) is 4.47. The molecule has 0 amide bonds. The van der Waals surface area contributed by atoms with Gasteiger partial charge in [0.15, 0.2) is 11.5 Å². The standard InChI is InChI=1S/C13H18O7/c1-18-7-4-2-3-5-8(7)19-13-12(17)11(16)10(15)9(6-14)20-13/h2-5,9-17H,6H2,1H3/t9-,10-,11+,12-,13?/m1/s1. The van der Waals surface area contributed by atoms with E-state index < -0.39 is 37.3 Å². The summed E-state index contributed by atoms with van der Waals surface area (Å²) in [6.07, 6.45) is -6.55. The number of hydrogen-bond acceptors (Lipinski definition) is 7. The summed E-state index contributed by atoms with van der Waals surface area (Å²) in [5.74, 6) is 0.754. The van der Waals surface area contributed by atoms with Gasteiger partial charge in [0.2, 0.25) is 6.29 Å². The fourth-order valence-corrected chi connectivity index (χ4v) is 2.01. The summed E-state index contributed by atoms with van der Waals surface area (Å²) in [5.41, 5.74) is 0. The molecule has 7 nitrogen and oxygen atoms in total. The smallest absolute Gasteiger partial charge is 0.229 e. The van der Waals surface area contributed by atoms with Gasteiger partial charge in [0.25, 0.3) is 0 Å². The van der Waals surface area contributed by atoms with Gasteiger partial charge in [0, 0.05) is 0 Å². The number of para-hydroxylation sites is 2. The van der Waals surface area contributed by atoms with Crippen molar-refractivity contribution in [1.29, 1.82) is 0 Å². The van der Waals surface area contributed by atoms with Gasteiger partial charge in [-0.1, -0.05) is 12.1 Å². The lowest BCUT2D eigenvalue weighted by Gasteiger charge is -2.39. The van der Waals surface area contributed by atoms with E-state index in [1.54, 1.807) is 24.3 Å². The van der Waals surface area contributed by atoms with Gasteiger partial charge in [0.1, 0.15) is 24.4 Å². The molecule has 5 atom stereocenters. The molecular formula is C13H18O7. The Bertz CT molecular complexity index is 436. The SMILES string of the molecule is COc1ccccc1OC1O[C@H](CO)[C@@H](O)[C@H](O)[C@H]1O. The first kappa shape index (κ1) is 15.0. The summed E-state index contributed by atoms with van der Waals surface area (Å²) in [7, 11) is 1.47. The van der Waals surface area contributed by atoms with E-state index >= 15 is 0 Å². The lowest BCUT2D eigenvalue weighted by Crippen LogP contribution is -2.60. The molecule has 1 aromatic carbocycles. The van der Waals surface area contributed by atoms with Crippen molar-refractivity contribution in [2.24, 2.45) is 0 Å². The third kappa shape index (κ3) is 2.87. The van der Waals surface area contributed by atoms with E-state index in [0.717, 1.165) is 0 Å². The van der Waals surface area contributed by atoms with Crippen molar-refractivity contribution in [3.63, 3.8) is 0 Å². The van der Waals surface area contributed by atoms with Gasteiger partial charge in [-0.3, -0.25) is 0 Å². The molecule has 0 spiro atoms. The van der Waals surface area contributed by atoms with Gasteiger partial charge in [-0.2, -0.15) is 0 Å². The zero-order valence-corrected chi connectivity index (χ0v) is 10.9. The first-order valence-electron chi connectivity index (χ1n) is 6.18. The number of benzene rings is 1. The van der Waals surface area contributed by atoms with Crippen LogP contribution in [0.25, 0.3) is 0 Å². The zero-order valence-electron chi connectivity index (χ0n) is 10.9. The van der Waals surface area contributed by atoms with Crippen LogP contribution < -0.4 is 9.47 Å². The van der Waals surface area contributed by atoms with Crippen molar-refractivity contribution >= 4 is 0 Å². The van der Waals surface area contributed by atoms with Gasteiger partial charge < -0.3 is 34.6 Å². The van der Waals surface area contributed by atoms with Crippen molar-refractivity contribution < 1.29 is 34.6 Å². The highest BCUT2D eigenvalue weighted by Gasteiger charge is 2.44. The minimum atomic E-state index is -1.47. The maximum atomic E-state index is 9.86. The van der Waals surface area contributed by atoms with Gasteiger partial charge in [-0.25, -0.2) is 0 Å². The van der Waals surface area contributed by atoms with Crippen molar-refractivity contribution in [1.82, 2.24) is 0 Å². The second kappa shape index (κ2) is 6.38. The van der Waals surface area contributed by atoms with Crippen LogP contribution in [0, 0.1) is 0 Å². The van der Waals surface area contributed by atoms with Gasteiger partial charge >= 0.3 is 0 Å². The molecule has 0 aliphatic carbocycles. The molecule has 1 aromatic rings. The van der Waals surface area contributed by atoms with Crippen LogP contribution >= 0.6 is 0 Å². The molecule has 1 aliphatic rings. The Morgan fingerprint density at radius 2 is 1.70 bits per heavy atom. The average Bonchev–Trinajstić information content (AvgIpc) is 2.48. The zero-order chi connectivity index (χ0) is 14.7. The molecule has 1 fully saturated rings. The molecule has 2 rings (SSSR count). The van der Waals surface area contributed by atoms with Crippen LogP contribution in [0.3, 0.4) is 0 Å². The van der Waals surface area contributed by atoms with Gasteiger partial charge in [-0.05, 0) is 12.1 Å². The summed E-state index contributed by atoms with van der Waals surface area (Å²) < 4.78 is 15.8. The second-order valence-corrected chi connectivity index (χ2v) is 4.47. The van der Waals surface area contributed by atoms with E-state index in [-0.39, 0.29) is 0 Å². The number of hydrogen-bond donors (Lipinski definition) is 4. The Balaban J connectivity index is 2.15. The largest absolute Gasteiger partial charge is 0.493 e. The molecule has 1 saturated heterocycles. The monoisotopic (exact) mass is 286 g/mol. The molecule has 0 bridgehead atoms.